The Balaban J connectivity index is 1.78. The molecule has 11 heteroatoms. The third-order valence-corrected chi connectivity index (χ3v) is 6.03. The highest BCUT2D eigenvalue weighted by molar-refractivity contribution is 5.37. The summed E-state index contributed by atoms with van der Waals surface area (Å²) in [6.07, 6.45) is -4.83. The number of allylic oxidation sites excluding steroid dienone is 1. The second kappa shape index (κ2) is 11.0. The Morgan fingerprint density at radius 2 is 1.39 bits per heavy atom. The molecule has 0 N–H and O–H groups in total. The normalized spacial score (nSPS) is 19.1. The van der Waals surface area contributed by atoms with Crippen LogP contribution in [0, 0.1) is 29.2 Å². The first-order chi connectivity index (χ1) is 16.8. The van der Waals surface area contributed by atoms with Crippen LogP contribution in [0.5, 0.6) is 11.5 Å². The average molecular weight is 526 g/mol. The van der Waals surface area contributed by atoms with Gasteiger partial charge in [0, 0.05) is 12.1 Å². The average Bonchev–Trinajstić information content (AvgIpc) is 2.74. The zero-order valence-corrected chi connectivity index (χ0v) is 19.1. The van der Waals surface area contributed by atoms with E-state index in [2.05, 4.69) is 16.4 Å². The molecule has 2 aromatic carbocycles. The SMILES string of the molecule is CCCC1CCC(c2cc(F)c(C(F)(F)Oc3cc(F)c(O/C=C/C(F)(F)F)c(F)c3)c(F)c2)CC1. The van der Waals surface area contributed by atoms with Crippen molar-refractivity contribution in [1.29, 1.82) is 0 Å². The van der Waals surface area contributed by atoms with Crippen LogP contribution in [0.2, 0.25) is 0 Å². The molecule has 2 nitrogen and oxygen atoms in total. The summed E-state index contributed by atoms with van der Waals surface area (Å²) in [6, 6.07) is 2.00. The molecule has 0 bridgehead atoms. The van der Waals surface area contributed by atoms with Crippen LogP contribution in [0.3, 0.4) is 0 Å². The van der Waals surface area contributed by atoms with Gasteiger partial charge in [-0.05, 0) is 55.2 Å². The monoisotopic (exact) mass is 526 g/mol. The number of benzene rings is 2. The molecule has 0 heterocycles. The van der Waals surface area contributed by atoms with Crippen LogP contribution in [0.15, 0.2) is 36.6 Å². The van der Waals surface area contributed by atoms with Crippen LogP contribution in [-0.2, 0) is 6.11 Å². The number of rotatable bonds is 8. The lowest BCUT2D eigenvalue weighted by atomic mass is 9.77. The largest absolute Gasteiger partial charge is 0.459 e. The molecule has 1 saturated carbocycles. The fourth-order valence-electron chi connectivity index (χ4n) is 4.39. The molecule has 0 unspecified atom stereocenters. The number of alkyl halides is 5. The van der Waals surface area contributed by atoms with E-state index in [9.17, 15) is 39.5 Å². The molecule has 3 rings (SSSR count). The van der Waals surface area contributed by atoms with Crippen molar-refractivity contribution >= 4 is 0 Å². The first-order valence-corrected chi connectivity index (χ1v) is 11.3. The van der Waals surface area contributed by atoms with Gasteiger partial charge in [0.1, 0.15) is 22.9 Å². The van der Waals surface area contributed by atoms with Gasteiger partial charge < -0.3 is 9.47 Å². The summed E-state index contributed by atoms with van der Waals surface area (Å²) in [6.45, 7) is 2.07. The second-order valence-electron chi connectivity index (χ2n) is 8.66. The van der Waals surface area contributed by atoms with Crippen molar-refractivity contribution in [3.8, 4) is 11.5 Å². The molecule has 0 atom stereocenters. The Labute approximate surface area is 201 Å². The molecule has 36 heavy (non-hydrogen) atoms. The lowest BCUT2D eigenvalue weighted by Gasteiger charge is -2.29. The minimum atomic E-state index is -4.82. The third kappa shape index (κ3) is 6.88. The second-order valence-corrected chi connectivity index (χ2v) is 8.66. The fourth-order valence-corrected chi connectivity index (χ4v) is 4.39. The highest BCUT2D eigenvalue weighted by Crippen LogP contribution is 2.41. The van der Waals surface area contributed by atoms with E-state index >= 15 is 0 Å². The van der Waals surface area contributed by atoms with E-state index in [-0.39, 0.29) is 29.9 Å². The minimum absolute atomic E-state index is 0.0425. The number of hydrogen-bond acceptors (Lipinski definition) is 2. The molecular weight excluding hydrogens is 503 g/mol. The molecule has 1 aliphatic carbocycles. The predicted molar refractivity (Wildman–Crippen MR) is 113 cm³/mol. The summed E-state index contributed by atoms with van der Waals surface area (Å²) < 4.78 is 131. The van der Waals surface area contributed by atoms with E-state index in [0.29, 0.717) is 18.8 Å². The van der Waals surface area contributed by atoms with Gasteiger partial charge in [0.05, 0.1) is 12.3 Å². The van der Waals surface area contributed by atoms with Gasteiger partial charge in [0.25, 0.3) is 0 Å². The van der Waals surface area contributed by atoms with E-state index in [1.807, 2.05) is 0 Å². The fraction of sp³-hybridized carbons (Fsp3) is 0.440. The van der Waals surface area contributed by atoms with Crippen molar-refractivity contribution in [1.82, 2.24) is 0 Å². The number of halogens is 9. The lowest BCUT2D eigenvalue weighted by molar-refractivity contribution is -0.189. The molecule has 0 aromatic heterocycles. The van der Waals surface area contributed by atoms with Gasteiger partial charge in [0.2, 0.25) is 0 Å². The van der Waals surface area contributed by atoms with Crippen LogP contribution < -0.4 is 9.47 Å². The van der Waals surface area contributed by atoms with E-state index < -0.39 is 58.7 Å². The maximum absolute atomic E-state index is 14.7. The Hall–Kier alpha value is -2.85. The third-order valence-electron chi connectivity index (χ3n) is 6.03. The van der Waals surface area contributed by atoms with E-state index in [0.717, 1.165) is 37.8 Å². The minimum Gasteiger partial charge on any atom is -0.459 e. The first kappa shape index (κ1) is 27.7. The van der Waals surface area contributed by atoms with Gasteiger partial charge in [-0.2, -0.15) is 22.0 Å². The predicted octanol–water partition coefficient (Wildman–Crippen LogP) is 8.90. The van der Waals surface area contributed by atoms with Crippen molar-refractivity contribution < 1.29 is 49.0 Å². The summed E-state index contributed by atoms with van der Waals surface area (Å²) in [5.74, 6) is -8.66. The van der Waals surface area contributed by atoms with Gasteiger partial charge in [-0.3, -0.25) is 0 Å². The molecule has 1 aliphatic rings. The summed E-state index contributed by atoms with van der Waals surface area (Å²) >= 11 is 0. The molecule has 0 radical (unpaired) electrons. The first-order valence-electron chi connectivity index (χ1n) is 11.3. The maximum Gasteiger partial charge on any atom is 0.432 e. The van der Waals surface area contributed by atoms with Crippen molar-refractivity contribution in [3.63, 3.8) is 0 Å². The van der Waals surface area contributed by atoms with Crippen LogP contribution in [0.4, 0.5) is 39.5 Å². The summed E-state index contributed by atoms with van der Waals surface area (Å²) in [7, 11) is 0. The van der Waals surface area contributed by atoms with Crippen LogP contribution in [0.1, 0.15) is 62.5 Å². The van der Waals surface area contributed by atoms with Gasteiger partial charge >= 0.3 is 12.3 Å². The highest BCUT2D eigenvalue weighted by atomic mass is 19.4. The summed E-state index contributed by atoms with van der Waals surface area (Å²) in [4.78, 5) is 0. The molecular formula is C25H23F9O2. The molecule has 0 spiro atoms. The zero-order chi connectivity index (χ0) is 26.7. The molecule has 198 valence electrons. The van der Waals surface area contributed by atoms with Gasteiger partial charge in [0.15, 0.2) is 17.4 Å². The Bertz CT molecular complexity index is 1040. The van der Waals surface area contributed by atoms with Crippen LogP contribution in [0.25, 0.3) is 0 Å². The van der Waals surface area contributed by atoms with Crippen molar-refractivity contribution in [2.24, 2.45) is 5.92 Å². The van der Waals surface area contributed by atoms with Crippen molar-refractivity contribution in [2.75, 3.05) is 0 Å². The smallest absolute Gasteiger partial charge is 0.432 e. The van der Waals surface area contributed by atoms with Gasteiger partial charge in [-0.25, -0.2) is 17.6 Å². The summed E-state index contributed by atoms with van der Waals surface area (Å²) in [5, 5.41) is 0. The van der Waals surface area contributed by atoms with Crippen LogP contribution >= 0.6 is 0 Å². The zero-order valence-electron chi connectivity index (χ0n) is 19.1. The highest BCUT2D eigenvalue weighted by Gasteiger charge is 2.42. The van der Waals surface area contributed by atoms with E-state index in [4.69, 9.17) is 0 Å². The number of ether oxygens (including phenoxy) is 2. The lowest BCUT2D eigenvalue weighted by Crippen LogP contribution is -2.26. The molecule has 0 aliphatic heterocycles. The molecule has 1 fully saturated rings. The van der Waals surface area contributed by atoms with Crippen molar-refractivity contribution in [2.45, 2.75) is 63.7 Å². The Morgan fingerprint density at radius 1 is 0.833 bits per heavy atom. The molecule has 0 amide bonds. The van der Waals surface area contributed by atoms with E-state index in [1.54, 1.807) is 0 Å². The number of hydrogen-bond donors (Lipinski definition) is 0. The quantitative estimate of drug-likeness (QED) is 0.253. The van der Waals surface area contributed by atoms with Gasteiger partial charge in [-0.1, -0.05) is 19.8 Å². The maximum atomic E-state index is 14.7. The van der Waals surface area contributed by atoms with Crippen LogP contribution in [-0.4, -0.2) is 6.18 Å². The molecule has 2 aromatic rings. The van der Waals surface area contributed by atoms with Gasteiger partial charge in [-0.15, -0.1) is 0 Å². The Morgan fingerprint density at radius 3 is 1.89 bits per heavy atom. The van der Waals surface area contributed by atoms with Crippen molar-refractivity contribution in [3.05, 3.63) is 71.0 Å². The summed E-state index contributed by atoms with van der Waals surface area (Å²) in [5.41, 5.74) is -1.50. The Kier molecular flexibility index (Phi) is 8.51. The van der Waals surface area contributed by atoms with E-state index in [1.165, 1.54) is 0 Å². The topological polar surface area (TPSA) is 18.5 Å². The molecule has 0 saturated heterocycles. The standard InChI is InChI=1S/C25H23F9O2/c1-2-3-14-4-6-15(7-5-14)16-10-18(26)22(19(27)11-16)25(33,34)36-17-12-20(28)23(21(29)13-17)35-9-8-24(30,31)32/h8-15H,2-7H2,1H3/b9-8+.